The van der Waals surface area contributed by atoms with Gasteiger partial charge in [0.25, 0.3) is 5.91 Å². The van der Waals surface area contributed by atoms with Crippen LogP contribution in [0.3, 0.4) is 0 Å². The number of carbonyl (C=O) groups is 2. The van der Waals surface area contributed by atoms with Crippen LogP contribution in [0.5, 0.6) is 5.75 Å². The van der Waals surface area contributed by atoms with Gasteiger partial charge in [-0.3, -0.25) is 19.3 Å². The Morgan fingerprint density at radius 2 is 1.78 bits per heavy atom. The van der Waals surface area contributed by atoms with Gasteiger partial charge < -0.3 is 15.0 Å². The molecular formula is C24H27N5O3. The van der Waals surface area contributed by atoms with Crippen molar-refractivity contribution < 1.29 is 14.3 Å². The van der Waals surface area contributed by atoms with Crippen LogP contribution in [0.25, 0.3) is 0 Å². The second-order valence-electron chi connectivity index (χ2n) is 7.82. The summed E-state index contributed by atoms with van der Waals surface area (Å²) in [5.41, 5.74) is 1.19. The molecule has 3 heterocycles. The van der Waals surface area contributed by atoms with Crippen molar-refractivity contribution in [2.45, 2.75) is 25.8 Å². The molecule has 0 radical (unpaired) electrons. The van der Waals surface area contributed by atoms with E-state index in [2.05, 4.69) is 15.4 Å². The van der Waals surface area contributed by atoms with Gasteiger partial charge >= 0.3 is 0 Å². The van der Waals surface area contributed by atoms with Crippen LogP contribution in [0.15, 0.2) is 67.1 Å². The third kappa shape index (κ3) is 5.94. The number of ether oxygens (including phenoxy) is 1. The molecule has 1 aliphatic heterocycles. The number of carbonyl (C=O) groups excluding carboxylic acids is 2. The van der Waals surface area contributed by atoms with Gasteiger partial charge in [-0.2, -0.15) is 5.10 Å². The van der Waals surface area contributed by atoms with Crippen molar-refractivity contribution in [2.75, 3.05) is 25.0 Å². The number of para-hydroxylation sites is 1. The van der Waals surface area contributed by atoms with Crippen molar-refractivity contribution in [2.24, 2.45) is 5.92 Å². The average Bonchev–Trinajstić information content (AvgIpc) is 3.30. The van der Waals surface area contributed by atoms with Gasteiger partial charge in [-0.05, 0) is 49.1 Å². The van der Waals surface area contributed by atoms with Crippen LogP contribution < -0.4 is 10.1 Å². The zero-order valence-electron chi connectivity index (χ0n) is 17.9. The van der Waals surface area contributed by atoms with Crippen molar-refractivity contribution >= 4 is 17.6 Å². The number of pyridine rings is 1. The van der Waals surface area contributed by atoms with E-state index in [1.807, 2.05) is 59.4 Å². The summed E-state index contributed by atoms with van der Waals surface area (Å²) in [5, 5.41) is 7.36. The monoisotopic (exact) mass is 433 g/mol. The van der Waals surface area contributed by atoms with E-state index in [1.165, 1.54) is 5.56 Å². The number of benzene rings is 1. The van der Waals surface area contributed by atoms with Crippen LogP contribution in [0.4, 0.5) is 5.82 Å². The lowest BCUT2D eigenvalue weighted by molar-refractivity contribution is -0.136. The highest BCUT2D eigenvalue weighted by molar-refractivity contribution is 5.91. The SMILES string of the molecule is O=C(Nc1ccn(CCc2ccncc2)n1)C1CCN(C(=O)COc2ccccc2)CC1. The normalized spacial score (nSPS) is 14.2. The van der Waals surface area contributed by atoms with Crippen molar-refractivity contribution in [1.82, 2.24) is 19.7 Å². The Morgan fingerprint density at radius 3 is 2.53 bits per heavy atom. The molecule has 3 aromatic rings. The number of aromatic nitrogens is 3. The molecule has 4 rings (SSSR count). The molecular weight excluding hydrogens is 406 g/mol. The molecule has 166 valence electrons. The number of piperidine rings is 1. The van der Waals surface area contributed by atoms with Gasteiger partial charge in [0.15, 0.2) is 12.4 Å². The molecule has 2 amide bonds. The Bertz CT molecular complexity index is 1010. The molecule has 2 aromatic heterocycles. The maximum absolute atomic E-state index is 12.6. The summed E-state index contributed by atoms with van der Waals surface area (Å²) in [4.78, 5) is 30.8. The molecule has 1 aliphatic rings. The molecule has 1 N–H and O–H groups in total. The number of anilines is 1. The van der Waals surface area contributed by atoms with Crippen LogP contribution in [0.1, 0.15) is 18.4 Å². The average molecular weight is 434 g/mol. The first-order valence-electron chi connectivity index (χ1n) is 10.9. The predicted octanol–water partition coefficient (Wildman–Crippen LogP) is 2.78. The van der Waals surface area contributed by atoms with E-state index < -0.39 is 0 Å². The minimum atomic E-state index is -0.129. The highest BCUT2D eigenvalue weighted by Gasteiger charge is 2.27. The molecule has 8 heteroatoms. The smallest absolute Gasteiger partial charge is 0.260 e. The summed E-state index contributed by atoms with van der Waals surface area (Å²) in [6, 6.07) is 15.1. The van der Waals surface area contributed by atoms with Crippen molar-refractivity contribution in [3.63, 3.8) is 0 Å². The topological polar surface area (TPSA) is 89.4 Å². The van der Waals surface area contributed by atoms with Gasteiger partial charge in [0.05, 0.1) is 0 Å². The Balaban J connectivity index is 1.19. The molecule has 1 saturated heterocycles. The van der Waals surface area contributed by atoms with Gasteiger partial charge in [0.1, 0.15) is 5.75 Å². The van der Waals surface area contributed by atoms with Gasteiger partial charge in [0.2, 0.25) is 5.91 Å². The maximum Gasteiger partial charge on any atom is 0.260 e. The number of amides is 2. The first-order chi connectivity index (χ1) is 15.7. The number of aryl methyl sites for hydroxylation is 2. The Hall–Kier alpha value is -3.68. The van der Waals surface area contributed by atoms with E-state index in [1.54, 1.807) is 17.3 Å². The fraction of sp³-hybridized carbons (Fsp3) is 0.333. The maximum atomic E-state index is 12.6. The molecule has 0 spiro atoms. The standard InChI is InChI=1S/C24H27N5O3/c30-23(18-32-21-4-2-1-3-5-21)28-14-9-20(10-15-28)24(31)26-22-11-17-29(27-22)16-8-19-6-12-25-13-7-19/h1-7,11-13,17,20H,8-10,14-16,18H2,(H,26,27,31). The third-order valence-electron chi connectivity index (χ3n) is 5.59. The van der Waals surface area contributed by atoms with Gasteiger partial charge in [-0.1, -0.05) is 18.2 Å². The van der Waals surface area contributed by atoms with E-state index in [-0.39, 0.29) is 24.3 Å². The first-order valence-corrected chi connectivity index (χ1v) is 10.9. The van der Waals surface area contributed by atoms with E-state index in [0.29, 0.717) is 37.5 Å². The minimum Gasteiger partial charge on any atom is -0.484 e. The van der Waals surface area contributed by atoms with Gasteiger partial charge in [-0.15, -0.1) is 0 Å². The van der Waals surface area contributed by atoms with E-state index >= 15 is 0 Å². The summed E-state index contributed by atoms with van der Waals surface area (Å²) in [6.45, 7) is 1.84. The summed E-state index contributed by atoms with van der Waals surface area (Å²) >= 11 is 0. The molecule has 0 aliphatic carbocycles. The summed E-state index contributed by atoms with van der Waals surface area (Å²) in [6.07, 6.45) is 7.53. The third-order valence-corrected chi connectivity index (χ3v) is 5.59. The molecule has 1 fully saturated rings. The fourth-order valence-corrected chi connectivity index (χ4v) is 3.72. The summed E-state index contributed by atoms with van der Waals surface area (Å²) in [7, 11) is 0. The highest BCUT2D eigenvalue weighted by Crippen LogP contribution is 2.19. The van der Waals surface area contributed by atoms with Crippen LogP contribution in [0.2, 0.25) is 0 Å². The number of hydrogen-bond donors (Lipinski definition) is 1. The summed E-state index contributed by atoms with van der Waals surface area (Å²) in [5.74, 6) is 1.00. The Kier molecular flexibility index (Phi) is 7.12. The molecule has 0 saturated carbocycles. The van der Waals surface area contributed by atoms with Crippen LogP contribution in [-0.4, -0.2) is 51.2 Å². The van der Waals surface area contributed by atoms with Crippen molar-refractivity contribution in [3.05, 3.63) is 72.7 Å². The molecule has 1 aromatic carbocycles. The molecule has 0 bridgehead atoms. The van der Waals surface area contributed by atoms with E-state index in [4.69, 9.17) is 4.74 Å². The minimum absolute atomic E-state index is 0.0117. The number of hydrogen-bond acceptors (Lipinski definition) is 5. The number of nitrogens with zero attached hydrogens (tertiary/aromatic N) is 4. The lowest BCUT2D eigenvalue weighted by atomic mass is 9.96. The van der Waals surface area contributed by atoms with Gasteiger partial charge in [0, 0.05) is 50.2 Å². The molecule has 0 atom stereocenters. The largest absolute Gasteiger partial charge is 0.484 e. The predicted molar refractivity (Wildman–Crippen MR) is 120 cm³/mol. The van der Waals surface area contributed by atoms with Crippen LogP contribution in [-0.2, 0) is 22.6 Å². The van der Waals surface area contributed by atoms with Crippen LogP contribution in [0, 0.1) is 5.92 Å². The number of likely N-dealkylation sites (tertiary alicyclic amines) is 1. The van der Waals surface area contributed by atoms with Crippen molar-refractivity contribution in [3.8, 4) is 5.75 Å². The lowest BCUT2D eigenvalue weighted by Crippen LogP contribution is -2.43. The molecule has 0 unspecified atom stereocenters. The van der Waals surface area contributed by atoms with Gasteiger partial charge in [-0.25, -0.2) is 0 Å². The molecule has 32 heavy (non-hydrogen) atoms. The Labute approximate surface area is 187 Å². The number of rotatable bonds is 8. The highest BCUT2D eigenvalue weighted by atomic mass is 16.5. The number of nitrogens with one attached hydrogen (secondary N) is 1. The second kappa shape index (κ2) is 10.6. The molecule has 8 nitrogen and oxygen atoms in total. The lowest BCUT2D eigenvalue weighted by Gasteiger charge is -2.31. The Morgan fingerprint density at radius 1 is 1.03 bits per heavy atom. The van der Waals surface area contributed by atoms with Crippen LogP contribution >= 0.6 is 0 Å². The summed E-state index contributed by atoms with van der Waals surface area (Å²) < 4.78 is 7.36. The quantitative estimate of drug-likeness (QED) is 0.590. The van der Waals surface area contributed by atoms with Crippen molar-refractivity contribution in [1.29, 1.82) is 0 Å². The fourth-order valence-electron chi connectivity index (χ4n) is 3.72. The zero-order chi connectivity index (χ0) is 22.2. The van der Waals surface area contributed by atoms with E-state index in [0.717, 1.165) is 13.0 Å². The first kappa shape index (κ1) is 21.5. The van der Waals surface area contributed by atoms with E-state index in [9.17, 15) is 9.59 Å². The zero-order valence-corrected chi connectivity index (χ0v) is 17.9. The second-order valence-corrected chi connectivity index (χ2v) is 7.82.